The molecular formula is C19H24ClN5O. The van der Waals surface area contributed by atoms with E-state index in [0.29, 0.717) is 6.42 Å². The van der Waals surface area contributed by atoms with Crippen LogP contribution in [0.5, 0.6) is 0 Å². The molecule has 0 saturated carbocycles. The van der Waals surface area contributed by atoms with Crippen molar-refractivity contribution >= 4 is 22.5 Å². The van der Waals surface area contributed by atoms with Crippen molar-refractivity contribution in [1.82, 2.24) is 24.5 Å². The van der Waals surface area contributed by atoms with Crippen molar-refractivity contribution in [2.45, 2.75) is 45.5 Å². The molecule has 1 unspecified atom stereocenters. The van der Waals surface area contributed by atoms with Crippen LogP contribution >= 0.6 is 11.6 Å². The van der Waals surface area contributed by atoms with Crippen LogP contribution in [0.3, 0.4) is 0 Å². The molecular weight excluding hydrogens is 350 g/mol. The normalized spacial score (nSPS) is 16.6. The van der Waals surface area contributed by atoms with Gasteiger partial charge in [-0.1, -0.05) is 24.6 Å². The van der Waals surface area contributed by atoms with Gasteiger partial charge in [0.25, 0.3) is 0 Å². The Hall–Kier alpha value is -1.89. The molecule has 0 fully saturated rings. The van der Waals surface area contributed by atoms with Crippen LogP contribution in [0.4, 0.5) is 0 Å². The van der Waals surface area contributed by atoms with Crippen LogP contribution in [0.15, 0.2) is 24.3 Å². The van der Waals surface area contributed by atoms with Gasteiger partial charge in [0.15, 0.2) is 0 Å². The first-order valence-electron chi connectivity index (χ1n) is 9.14. The molecule has 1 aliphatic heterocycles. The van der Waals surface area contributed by atoms with Gasteiger partial charge in [0.1, 0.15) is 0 Å². The first kappa shape index (κ1) is 17.5. The van der Waals surface area contributed by atoms with Gasteiger partial charge in [0, 0.05) is 38.6 Å². The highest BCUT2D eigenvalue weighted by Gasteiger charge is 2.21. The number of hydrogen-bond acceptors (Lipinski definition) is 4. The van der Waals surface area contributed by atoms with Crippen molar-refractivity contribution < 1.29 is 5.11 Å². The standard InChI is InChI=1S/C19H24ClN5O/c1-3-18(26)15-10-13-11-24(8-5-9-25(13)22-15)12-16-19-14(20)6-4-7-17(19)23(2)21-16/h4,6-7,10,18,26H,3,5,8-9,11-12H2,1-2H3. The van der Waals surface area contributed by atoms with Crippen LogP contribution in [-0.2, 0) is 26.7 Å². The molecule has 0 bridgehead atoms. The fourth-order valence-electron chi connectivity index (χ4n) is 3.73. The van der Waals surface area contributed by atoms with Crippen LogP contribution in [-0.4, -0.2) is 36.1 Å². The Kier molecular flexibility index (Phi) is 4.73. The summed E-state index contributed by atoms with van der Waals surface area (Å²) >= 11 is 6.45. The van der Waals surface area contributed by atoms with Crippen molar-refractivity contribution in [1.29, 1.82) is 0 Å². The second kappa shape index (κ2) is 7.02. The molecule has 0 saturated heterocycles. The summed E-state index contributed by atoms with van der Waals surface area (Å²) in [6.45, 7) is 5.38. The SMILES string of the molecule is CCC(O)c1cc2n(n1)CCCN(Cc1nn(C)c3cccc(Cl)c13)C2. The summed E-state index contributed by atoms with van der Waals surface area (Å²) in [4.78, 5) is 2.38. The summed E-state index contributed by atoms with van der Waals surface area (Å²) in [5.74, 6) is 0. The number of aliphatic hydroxyl groups is 1. The van der Waals surface area contributed by atoms with Crippen molar-refractivity contribution in [2.75, 3.05) is 6.54 Å². The van der Waals surface area contributed by atoms with Gasteiger partial charge in [-0.05, 0) is 31.0 Å². The van der Waals surface area contributed by atoms with Gasteiger partial charge < -0.3 is 5.11 Å². The van der Waals surface area contributed by atoms with Gasteiger partial charge in [0.2, 0.25) is 0 Å². The van der Waals surface area contributed by atoms with Gasteiger partial charge in [-0.25, -0.2) is 0 Å². The monoisotopic (exact) mass is 373 g/mol. The van der Waals surface area contributed by atoms with Gasteiger partial charge in [-0.2, -0.15) is 10.2 Å². The third-order valence-electron chi connectivity index (χ3n) is 5.11. The van der Waals surface area contributed by atoms with E-state index < -0.39 is 6.10 Å². The first-order chi connectivity index (χ1) is 12.6. The summed E-state index contributed by atoms with van der Waals surface area (Å²) in [6, 6.07) is 7.97. The van der Waals surface area contributed by atoms with Crippen LogP contribution < -0.4 is 0 Å². The van der Waals surface area contributed by atoms with Crippen LogP contribution in [0.25, 0.3) is 10.9 Å². The molecule has 1 aliphatic rings. The second-order valence-electron chi connectivity index (χ2n) is 6.98. The lowest BCUT2D eigenvalue weighted by atomic mass is 10.2. The largest absolute Gasteiger partial charge is 0.387 e. The average molecular weight is 374 g/mol. The average Bonchev–Trinajstić information content (AvgIpc) is 3.11. The van der Waals surface area contributed by atoms with E-state index >= 15 is 0 Å². The lowest BCUT2D eigenvalue weighted by Crippen LogP contribution is -2.23. The zero-order valence-electron chi connectivity index (χ0n) is 15.2. The Morgan fingerprint density at radius 1 is 1.27 bits per heavy atom. The number of benzene rings is 1. The van der Waals surface area contributed by atoms with E-state index in [1.165, 1.54) is 0 Å². The molecule has 0 radical (unpaired) electrons. The molecule has 0 spiro atoms. The molecule has 3 heterocycles. The van der Waals surface area contributed by atoms with E-state index in [9.17, 15) is 5.11 Å². The number of hydrogen-bond donors (Lipinski definition) is 1. The number of aliphatic hydroxyl groups excluding tert-OH is 1. The quantitative estimate of drug-likeness (QED) is 0.762. The number of fused-ring (bicyclic) bond motifs is 2. The maximum atomic E-state index is 10.1. The smallest absolute Gasteiger partial charge is 0.0975 e. The molecule has 1 aromatic carbocycles. The van der Waals surface area contributed by atoms with Crippen LogP contribution in [0.1, 0.15) is 43.0 Å². The number of halogens is 1. The summed E-state index contributed by atoms with van der Waals surface area (Å²) < 4.78 is 3.94. The highest BCUT2D eigenvalue weighted by molar-refractivity contribution is 6.35. The third kappa shape index (κ3) is 3.13. The van der Waals surface area contributed by atoms with Crippen molar-refractivity contribution in [3.63, 3.8) is 0 Å². The Balaban J connectivity index is 1.61. The Morgan fingerprint density at radius 2 is 2.12 bits per heavy atom. The van der Waals surface area contributed by atoms with Gasteiger partial charge >= 0.3 is 0 Å². The lowest BCUT2D eigenvalue weighted by Gasteiger charge is -2.18. The molecule has 26 heavy (non-hydrogen) atoms. The Bertz CT molecular complexity index is 932. The molecule has 7 heteroatoms. The van der Waals surface area contributed by atoms with Crippen molar-refractivity contribution in [3.05, 3.63) is 46.4 Å². The fraction of sp³-hybridized carbons (Fsp3) is 0.474. The molecule has 6 nitrogen and oxygen atoms in total. The Morgan fingerprint density at radius 3 is 2.92 bits per heavy atom. The Labute approximate surface area is 158 Å². The first-order valence-corrected chi connectivity index (χ1v) is 9.51. The number of aromatic nitrogens is 4. The molecule has 1 atom stereocenters. The minimum atomic E-state index is -0.485. The van der Waals surface area contributed by atoms with E-state index in [4.69, 9.17) is 16.7 Å². The van der Waals surface area contributed by atoms with E-state index in [1.54, 1.807) is 0 Å². The third-order valence-corrected chi connectivity index (χ3v) is 5.43. The molecule has 138 valence electrons. The summed E-state index contributed by atoms with van der Waals surface area (Å²) in [6.07, 6.45) is 1.22. The molecule has 3 aromatic rings. The lowest BCUT2D eigenvalue weighted by molar-refractivity contribution is 0.167. The van der Waals surface area contributed by atoms with E-state index in [-0.39, 0.29) is 0 Å². The summed E-state index contributed by atoms with van der Waals surface area (Å²) in [5, 5.41) is 21.2. The van der Waals surface area contributed by atoms with Gasteiger partial charge in [-0.3, -0.25) is 14.3 Å². The molecule has 1 N–H and O–H groups in total. The van der Waals surface area contributed by atoms with Gasteiger partial charge in [0.05, 0.1) is 33.7 Å². The second-order valence-corrected chi connectivity index (χ2v) is 7.38. The van der Waals surface area contributed by atoms with E-state index in [1.807, 2.05) is 47.6 Å². The van der Waals surface area contributed by atoms with Crippen molar-refractivity contribution in [3.8, 4) is 0 Å². The fourth-order valence-corrected chi connectivity index (χ4v) is 4.01. The highest BCUT2D eigenvalue weighted by Crippen LogP contribution is 2.28. The zero-order chi connectivity index (χ0) is 18.3. The van der Waals surface area contributed by atoms with Crippen LogP contribution in [0.2, 0.25) is 5.02 Å². The topological polar surface area (TPSA) is 59.1 Å². The number of nitrogens with zero attached hydrogens (tertiary/aromatic N) is 5. The van der Waals surface area contributed by atoms with E-state index in [0.717, 1.165) is 65.6 Å². The van der Waals surface area contributed by atoms with E-state index in [2.05, 4.69) is 10.00 Å². The minimum Gasteiger partial charge on any atom is -0.387 e. The summed E-state index contributed by atoms with van der Waals surface area (Å²) in [5.41, 5.74) is 3.99. The maximum absolute atomic E-state index is 10.1. The predicted octanol–water partition coefficient (Wildman–Crippen LogP) is 3.27. The molecule has 4 rings (SSSR count). The molecule has 0 amide bonds. The van der Waals surface area contributed by atoms with Gasteiger partial charge in [-0.15, -0.1) is 0 Å². The zero-order valence-corrected chi connectivity index (χ0v) is 15.9. The van der Waals surface area contributed by atoms with Crippen molar-refractivity contribution in [2.24, 2.45) is 7.05 Å². The maximum Gasteiger partial charge on any atom is 0.0975 e. The molecule has 2 aromatic heterocycles. The highest BCUT2D eigenvalue weighted by atomic mass is 35.5. The predicted molar refractivity (Wildman–Crippen MR) is 102 cm³/mol. The minimum absolute atomic E-state index is 0.485. The molecule has 0 aliphatic carbocycles. The number of aryl methyl sites for hydroxylation is 2. The number of rotatable bonds is 4. The van der Waals surface area contributed by atoms with Crippen LogP contribution in [0, 0.1) is 0 Å². The summed E-state index contributed by atoms with van der Waals surface area (Å²) in [7, 11) is 1.96.